The molecule has 0 aromatic carbocycles. The van der Waals surface area contributed by atoms with Gasteiger partial charge in [0.1, 0.15) is 11.9 Å². The van der Waals surface area contributed by atoms with Crippen LogP contribution in [0.15, 0.2) is 12.1 Å². The molecule has 1 fully saturated rings. The maximum Gasteiger partial charge on any atom is 0.305 e. The van der Waals surface area contributed by atoms with Gasteiger partial charge in [0.05, 0.1) is 4.92 Å². The fraction of sp³-hybridized carbons (Fsp3) is 0.571. The van der Waals surface area contributed by atoms with Crippen molar-refractivity contribution in [3.8, 4) is 6.07 Å². The lowest BCUT2D eigenvalue weighted by Gasteiger charge is -2.09. The molecule has 1 aliphatic rings. The second-order valence-electron chi connectivity index (χ2n) is 5.15. The first kappa shape index (κ1) is 14.3. The van der Waals surface area contributed by atoms with Gasteiger partial charge in [-0.25, -0.2) is 4.98 Å². The monoisotopic (exact) mass is 274 g/mol. The molecule has 0 radical (unpaired) electrons. The lowest BCUT2D eigenvalue weighted by atomic mass is 10.0. The highest BCUT2D eigenvalue weighted by Gasteiger charge is 2.16. The fourth-order valence-corrected chi connectivity index (χ4v) is 2.69. The van der Waals surface area contributed by atoms with Crippen LogP contribution < -0.4 is 5.32 Å². The highest BCUT2D eigenvalue weighted by atomic mass is 16.6. The van der Waals surface area contributed by atoms with Gasteiger partial charge in [0.25, 0.3) is 0 Å². The first-order valence-corrected chi connectivity index (χ1v) is 7.00. The molecule has 1 aromatic heterocycles. The van der Waals surface area contributed by atoms with E-state index in [1.165, 1.54) is 38.2 Å². The third kappa shape index (κ3) is 3.67. The Hall–Kier alpha value is -2.16. The van der Waals surface area contributed by atoms with Crippen LogP contribution in [0.25, 0.3) is 0 Å². The summed E-state index contributed by atoms with van der Waals surface area (Å²) >= 11 is 0. The van der Waals surface area contributed by atoms with Crippen molar-refractivity contribution in [3.63, 3.8) is 0 Å². The molecule has 0 amide bonds. The predicted molar refractivity (Wildman–Crippen MR) is 75.3 cm³/mol. The smallest absolute Gasteiger partial charge is 0.305 e. The normalized spacial score (nSPS) is 14.9. The average molecular weight is 274 g/mol. The molecule has 1 aliphatic carbocycles. The van der Waals surface area contributed by atoms with Gasteiger partial charge in [-0.3, -0.25) is 10.1 Å². The Kier molecular flexibility index (Phi) is 4.88. The molecule has 0 saturated heterocycles. The summed E-state index contributed by atoms with van der Waals surface area (Å²) in [5.41, 5.74) is -0.389. The van der Waals surface area contributed by atoms with Crippen LogP contribution in [0.5, 0.6) is 0 Å². The first-order chi connectivity index (χ1) is 9.70. The number of hydrogen-bond donors (Lipinski definition) is 1. The fourth-order valence-electron chi connectivity index (χ4n) is 2.69. The van der Waals surface area contributed by atoms with Gasteiger partial charge in [-0.2, -0.15) is 5.26 Å². The first-order valence-electron chi connectivity index (χ1n) is 7.00. The van der Waals surface area contributed by atoms with Gasteiger partial charge in [0, 0.05) is 12.6 Å². The van der Waals surface area contributed by atoms with Crippen LogP contribution in [0.2, 0.25) is 0 Å². The number of anilines is 1. The van der Waals surface area contributed by atoms with Crippen LogP contribution in [0, 0.1) is 27.4 Å². The second kappa shape index (κ2) is 6.85. The van der Waals surface area contributed by atoms with E-state index in [1.807, 2.05) is 0 Å². The van der Waals surface area contributed by atoms with Gasteiger partial charge in [-0.05, 0) is 24.8 Å². The molecule has 0 bridgehead atoms. The SMILES string of the molecule is N#Cc1nc(NCCCC2CCCC2)ccc1[N+](=O)[O-]. The van der Waals surface area contributed by atoms with E-state index in [1.54, 1.807) is 12.1 Å². The van der Waals surface area contributed by atoms with E-state index in [2.05, 4.69) is 10.3 Å². The van der Waals surface area contributed by atoms with Gasteiger partial charge in [-0.15, -0.1) is 0 Å². The van der Waals surface area contributed by atoms with E-state index in [0.29, 0.717) is 5.82 Å². The van der Waals surface area contributed by atoms with Crippen molar-refractivity contribution in [2.45, 2.75) is 38.5 Å². The second-order valence-corrected chi connectivity index (χ2v) is 5.15. The number of nitriles is 1. The summed E-state index contributed by atoms with van der Waals surface area (Å²) < 4.78 is 0. The molecule has 106 valence electrons. The Morgan fingerprint density at radius 2 is 2.20 bits per heavy atom. The Labute approximate surface area is 118 Å². The van der Waals surface area contributed by atoms with Crippen molar-refractivity contribution in [1.29, 1.82) is 5.26 Å². The number of rotatable bonds is 6. The molecular formula is C14H18N4O2. The van der Waals surface area contributed by atoms with Crippen molar-refractivity contribution in [1.82, 2.24) is 4.98 Å². The minimum Gasteiger partial charge on any atom is -0.370 e. The zero-order valence-electron chi connectivity index (χ0n) is 11.3. The number of hydrogen-bond acceptors (Lipinski definition) is 5. The molecule has 0 unspecified atom stereocenters. The van der Waals surface area contributed by atoms with Crippen LogP contribution in [-0.2, 0) is 0 Å². The highest BCUT2D eigenvalue weighted by Crippen LogP contribution is 2.28. The van der Waals surface area contributed by atoms with E-state index >= 15 is 0 Å². The molecule has 6 heteroatoms. The van der Waals surface area contributed by atoms with Gasteiger partial charge < -0.3 is 5.32 Å². The molecule has 2 rings (SSSR count). The summed E-state index contributed by atoms with van der Waals surface area (Å²) in [6, 6.07) is 4.63. The number of pyridine rings is 1. The summed E-state index contributed by atoms with van der Waals surface area (Å²) in [5.74, 6) is 1.38. The average Bonchev–Trinajstić information content (AvgIpc) is 2.96. The topological polar surface area (TPSA) is 91.8 Å². The zero-order valence-corrected chi connectivity index (χ0v) is 11.3. The van der Waals surface area contributed by atoms with Crippen molar-refractivity contribution >= 4 is 11.5 Å². The van der Waals surface area contributed by atoms with E-state index in [9.17, 15) is 10.1 Å². The molecule has 0 aliphatic heterocycles. The maximum absolute atomic E-state index is 10.7. The Balaban J connectivity index is 1.83. The molecule has 1 aromatic rings. The van der Waals surface area contributed by atoms with Crippen molar-refractivity contribution in [3.05, 3.63) is 27.9 Å². The van der Waals surface area contributed by atoms with Crippen LogP contribution in [-0.4, -0.2) is 16.5 Å². The van der Waals surface area contributed by atoms with Gasteiger partial charge in [-0.1, -0.05) is 25.7 Å². The van der Waals surface area contributed by atoms with E-state index in [-0.39, 0.29) is 11.4 Å². The summed E-state index contributed by atoms with van der Waals surface area (Å²) in [6.07, 6.45) is 7.67. The largest absolute Gasteiger partial charge is 0.370 e. The number of nitro groups is 1. The summed E-state index contributed by atoms with van der Waals surface area (Å²) in [5, 5.41) is 22.7. The maximum atomic E-state index is 10.7. The molecule has 1 heterocycles. The number of nitrogens with one attached hydrogen (secondary N) is 1. The summed E-state index contributed by atoms with van der Waals surface area (Å²) in [6.45, 7) is 0.784. The molecule has 6 nitrogen and oxygen atoms in total. The number of aromatic nitrogens is 1. The lowest BCUT2D eigenvalue weighted by Crippen LogP contribution is -2.06. The summed E-state index contributed by atoms with van der Waals surface area (Å²) in [4.78, 5) is 14.1. The molecule has 1 N–H and O–H groups in total. The third-order valence-corrected chi connectivity index (χ3v) is 3.75. The van der Waals surface area contributed by atoms with Gasteiger partial charge >= 0.3 is 5.69 Å². The molecule has 1 saturated carbocycles. The molecule has 0 spiro atoms. The predicted octanol–water partition coefficient (Wildman–Crippen LogP) is 3.24. The quantitative estimate of drug-likeness (QED) is 0.488. The Morgan fingerprint density at radius 3 is 2.85 bits per heavy atom. The van der Waals surface area contributed by atoms with Crippen molar-refractivity contribution in [2.75, 3.05) is 11.9 Å². The lowest BCUT2D eigenvalue weighted by molar-refractivity contribution is -0.385. The highest BCUT2D eigenvalue weighted by molar-refractivity contribution is 5.50. The van der Waals surface area contributed by atoms with Crippen LogP contribution in [0.3, 0.4) is 0 Å². The van der Waals surface area contributed by atoms with E-state index < -0.39 is 4.92 Å². The van der Waals surface area contributed by atoms with Crippen LogP contribution >= 0.6 is 0 Å². The van der Waals surface area contributed by atoms with E-state index in [0.717, 1.165) is 18.9 Å². The number of nitrogens with zero attached hydrogens (tertiary/aromatic N) is 3. The Morgan fingerprint density at radius 1 is 1.45 bits per heavy atom. The minimum absolute atomic E-state index is 0.143. The zero-order chi connectivity index (χ0) is 14.4. The van der Waals surface area contributed by atoms with E-state index in [4.69, 9.17) is 5.26 Å². The van der Waals surface area contributed by atoms with Crippen molar-refractivity contribution in [2.24, 2.45) is 5.92 Å². The van der Waals surface area contributed by atoms with Crippen molar-refractivity contribution < 1.29 is 4.92 Å². The van der Waals surface area contributed by atoms with Gasteiger partial charge in [0.2, 0.25) is 5.69 Å². The summed E-state index contributed by atoms with van der Waals surface area (Å²) in [7, 11) is 0. The van der Waals surface area contributed by atoms with Gasteiger partial charge in [0.15, 0.2) is 0 Å². The minimum atomic E-state index is -0.588. The molecule has 0 atom stereocenters. The third-order valence-electron chi connectivity index (χ3n) is 3.75. The molecular weight excluding hydrogens is 256 g/mol. The van der Waals surface area contributed by atoms with Crippen LogP contribution in [0.4, 0.5) is 11.5 Å². The van der Waals surface area contributed by atoms with Crippen LogP contribution in [0.1, 0.15) is 44.2 Å². The Bertz CT molecular complexity index is 518. The standard InChI is InChI=1S/C14H18N4O2/c15-10-12-13(18(19)20)7-8-14(17-12)16-9-3-6-11-4-1-2-5-11/h7-8,11H,1-6,9H2,(H,16,17). The molecule has 20 heavy (non-hydrogen) atoms.